The lowest BCUT2D eigenvalue weighted by atomic mass is 9.87. The minimum Gasteiger partial charge on any atom is -0.330 e. The smallest absolute Gasteiger partial charge is 0.132 e. The van der Waals surface area contributed by atoms with Crippen LogP contribution in [0.2, 0.25) is 0 Å². The molecule has 2 nitrogen and oxygen atoms in total. The fraction of sp³-hybridized carbons (Fsp3) is 0.947. The van der Waals surface area contributed by atoms with E-state index in [1.165, 1.54) is 44.9 Å². The van der Waals surface area contributed by atoms with Gasteiger partial charge in [-0.05, 0) is 37.6 Å². The molecule has 0 bridgehead atoms. The van der Waals surface area contributed by atoms with E-state index in [1.807, 2.05) is 0 Å². The van der Waals surface area contributed by atoms with Gasteiger partial charge in [0.25, 0.3) is 0 Å². The summed E-state index contributed by atoms with van der Waals surface area (Å²) in [6, 6.07) is 0. The second-order valence-corrected chi connectivity index (χ2v) is 6.88. The molecule has 0 saturated heterocycles. The number of Topliss-reactive ketones (excluding diaryl/α,β-unsaturated/α-hetero) is 1. The molecule has 0 aromatic rings. The van der Waals surface area contributed by atoms with Crippen LogP contribution in [0.4, 0.5) is 0 Å². The molecule has 0 aliphatic heterocycles. The Balaban J connectivity index is 3.49. The Hall–Kier alpha value is -0.370. The Kier molecular flexibility index (Phi) is 14.3. The van der Waals surface area contributed by atoms with Crippen molar-refractivity contribution < 1.29 is 4.79 Å². The molecule has 1 atom stereocenters. The first kappa shape index (κ1) is 20.6. The third-order valence-corrected chi connectivity index (χ3v) is 4.58. The van der Waals surface area contributed by atoms with Crippen LogP contribution in [0.1, 0.15) is 97.8 Å². The third kappa shape index (κ3) is 13.0. The predicted molar refractivity (Wildman–Crippen MR) is 93.5 cm³/mol. The molecule has 21 heavy (non-hydrogen) atoms. The van der Waals surface area contributed by atoms with E-state index in [2.05, 4.69) is 20.8 Å². The summed E-state index contributed by atoms with van der Waals surface area (Å²) in [5.74, 6) is 1.73. The molecule has 0 fully saturated rings. The Morgan fingerprint density at radius 1 is 0.857 bits per heavy atom. The van der Waals surface area contributed by atoms with E-state index in [0.717, 1.165) is 38.6 Å². The van der Waals surface area contributed by atoms with E-state index >= 15 is 0 Å². The van der Waals surface area contributed by atoms with Crippen molar-refractivity contribution in [1.29, 1.82) is 0 Å². The molecule has 0 saturated carbocycles. The molecule has 0 radical (unpaired) electrons. The standard InChI is InChI=1S/C19H39NO/c1-4-5-6-7-8-9-10-11-12-19(21)14-13-18(15-16-20)17(2)3/h17-18H,4-16,20H2,1-3H3. The first-order chi connectivity index (χ1) is 10.1. The van der Waals surface area contributed by atoms with Crippen LogP contribution in [-0.4, -0.2) is 12.3 Å². The molecule has 126 valence electrons. The molecule has 0 aromatic carbocycles. The van der Waals surface area contributed by atoms with Crippen LogP contribution in [0.3, 0.4) is 0 Å². The molecule has 2 N–H and O–H groups in total. The summed E-state index contributed by atoms with van der Waals surface area (Å²) in [6.07, 6.45) is 14.1. The van der Waals surface area contributed by atoms with Gasteiger partial charge in [-0.1, -0.05) is 65.7 Å². The number of hydrogen-bond acceptors (Lipinski definition) is 2. The van der Waals surface area contributed by atoms with Crippen LogP contribution in [0.25, 0.3) is 0 Å². The van der Waals surface area contributed by atoms with Crippen molar-refractivity contribution in [2.75, 3.05) is 6.54 Å². The van der Waals surface area contributed by atoms with Crippen molar-refractivity contribution in [3.63, 3.8) is 0 Å². The van der Waals surface area contributed by atoms with Crippen LogP contribution in [0.15, 0.2) is 0 Å². The summed E-state index contributed by atoms with van der Waals surface area (Å²) in [5.41, 5.74) is 5.65. The van der Waals surface area contributed by atoms with Crippen LogP contribution >= 0.6 is 0 Å². The molecule has 1 unspecified atom stereocenters. The van der Waals surface area contributed by atoms with Gasteiger partial charge in [-0.25, -0.2) is 0 Å². The minimum atomic E-state index is 0.462. The maximum absolute atomic E-state index is 11.9. The Labute approximate surface area is 133 Å². The maximum Gasteiger partial charge on any atom is 0.132 e. The largest absolute Gasteiger partial charge is 0.330 e. The quantitative estimate of drug-likeness (QED) is 0.406. The van der Waals surface area contributed by atoms with Crippen LogP contribution in [0.5, 0.6) is 0 Å². The van der Waals surface area contributed by atoms with Crippen molar-refractivity contribution in [2.24, 2.45) is 17.6 Å². The monoisotopic (exact) mass is 297 g/mol. The predicted octanol–water partition coefficient (Wildman–Crippen LogP) is 5.49. The van der Waals surface area contributed by atoms with Crippen molar-refractivity contribution in [3.05, 3.63) is 0 Å². The van der Waals surface area contributed by atoms with Gasteiger partial charge in [0.05, 0.1) is 0 Å². The highest BCUT2D eigenvalue weighted by Crippen LogP contribution is 2.21. The lowest BCUT2D eigenvalue weighted by molar-refractivity contribution is -0.119. The summed E-state index contributed by atoms with van der Waals surface area (Å²) in [5, 5.41) is 0. The van der Waals surface area contributed by atoms with E-state index in [0.29, 0.717) is 17.6 Å². The van der Waals surface area contributed by atoms with Gasteiger partial charge in [0.15, 0.2) is 0 Å². The van der Waals surface area contributed by atoms with E-state index in [-0.39, 0.29) is 0 Å². The van der Waals surface area contributed by atoms with Crippen molar-refractivity contribution in [2.45, 2.75) is 97.8 Å². The molecule has 0 aliphatic rings. The molecule has 0 heterocycles. The summed E-state index contributed by atoms with van der Waals surface area (Å²) in [6.45, 7) is 7.48. The van der Waals surface area contributed by atoms with Gasteiger partial charge in [0, 0.05) is 12.8 Å². The van der Waals surface area contributed by atoms with Crippen molar-refractivity contribution >= 4 is 5.78 Å². The fourth-order valence-electron chi connectivity index (χ4n) is 2.95. The highest BCUT2D eigenvalue weighted by atomic mass is 16.1. The number of rotatable bonds is 15. The molecular weight excluding hydrogens is 258 g/mol. The fourth-order valence-corrected chi connectivity index (χ4v) is 2.95. The lowest BCUT2D eigenvalue weighted by Crippen LogP contribution is -2.15. The third-order valence-electron chi connectivity index (χ3n) is 4.58. The highest BCUT2D eigenvalue weighted by molar-refractivity contribution is 5.78. The number of ketones is 1. The van der Waals surface area contributed by atoms with Gasteiger partial charge < -0.3 is 5.73 Å². The van der Waals surface area contributed by atoms with Gasteiger partial charge in [-0.3, -0.25) is 4.79 Å². The van der Waals surface area contributed by atoms with Gasteiger partial charge in [-0.2, -0.15) is 0 Å². The highest BCUT2D eigenvalue weighted by Gasteiger charge is 2.14. The molecule has 0 rings (SSSR count). The number of hydrogen-bond donors (Lipinski definition) is 1. The van der Waals surface area contributed by atoms with Gasteiger partial charge in [0.2, 0.25) is 0 Å². The molecular formula is C19H39NO. The van der Waals surface area contributed by atoms with Crippen LogP contribution < -0.4 is 5.73 Å². The molecule has 0 aromatic heterocycles. The molecule has 2 heteroatoms. The SMILES string of the molecule is CCCCCCCCCCC(=O)CCC(CCN)C(C)C. The van der Waals surface area contributed by atoms with E-state index < -0.39 is 0 Å². The van der Waals surface area contributed by atoms with E-state index in [4.69, 9.17) is 5.73 Å². The minimum absolute atomic E-state index is 0.462. The number of carbonyl (C=O) groups is 1. The van der Waals surface area contributed by atoms with E-state index in [9.17, 15) is 4.79 Å². The molecule has 0 amide bonds. The zero-order valence-corrected chi connectivity index (χ0v) is 14.8. The molecule has 0 aliphatic carbocycles. The summed E-state index contributed by atoms with van der Waals surface area (Å²) < 4.78 is 0. The average molecular weight is 298 g/mol. The average Bonchev–Trinajstić information content (AvgIpc) is 2.46. The topological polar surface area (TPSA) is 43.1 Å². The zero-order valence-electron chi connectivity index (χ0n) is 14.8. The zero-order chi connectivity index (χ0) is 15.9. The number of unbranched alkanes of at least 4 members (excludes halogenated alkanes) is 7. The Morgan fingerprint density at radius 3 is 1.95 bits per heavy atom. The normalized spacial score (nSPS) is 12.8. The summed E-state index contributed by atoms with van der Waals surface area (Å²) >= 11 is 0. The van der Waals surface area contributed by atoms with Crippen molar-refractivity contribution in [1.82, 2.24) is 0 Å². The first-order valence-electron chi connectivity index (χ1n) is 9.33. The number of carbonyl (C=O) groups excluding carboxylic acids is 1. The Morgan fingerprint density at radius 2 is 1.43 bits per heavy atom. The van der Waals surface area contributed by atoms with Gasteiger partial charge in [-0.15, -0.1) is 0 Å². The van der Waals surface area contributed by atoms with Gasteiger partial charge >= 0.3 is 0 Å². The Bertz CT molecular complexity index is 238. The van der Waals surface area contributed by atoms with E-state index in [1.54, 1.807) is 0 Å². The second kappa shape index (κ2) is 14.6. The van der Waals surface area contributed by atoms with Gasteiger partial charge in [0.1, 0.15) is 5.78 Å². The number of nitrogens with two attached hydrogens (primary N) is 1. The lowest BCUT2D eigenvalue weighted by Gasteiger charge is -2.19. The maximum atomic E-state index is 11.9. The second-order valence-electron chi connectivity index (χ2n) is 6.88. The van der Waals surface area contributed by atoms with Crippen LogP contribution in [0, 0.1) is 11.8 Å². The summed E-state index contributed by atoms with van der Waals surface area (Å²) in [7, 11) is 0. The van der Waals surface area contributed by atoms with Crippen molar-refractivity contribution in [3.8, 4) is 0 Å². The summed E-state index contributed by atoms with van der Waals surface area (Å²) in [4.78, 5) is 11.9. The molecule has 0 spiro atoms. The first-order valence-corrected chi connectivity index (χ1v) is 9.33. The van der Waals surface area contributed by atoms with Crippen LogP contribution in [-0.2, 0) is 4.79 Å².